The van der Waals surface area contributed by atoms with Crippen molar-refractivity contribution in [1.29, 1.82) is 0 Å². The van der Waals surface area contributed by atoms with Crippen molar-refractivity contribution in [1.82, 2.24) is 20.5 Å². The number of fused-ring (bicyclic) bond motifs is 3. The largest absolute Gasteiger partial charge is 0.356 e. The second-order valence-electron chi connectivity index (χ2n) is 14.9. The smallest absolute Gasteiger partial charge is 0.223 e. The first-order chi connectivity index (χ1) is 20.6. The number of aromatic amines is 1. The first-order valence-corrected chi connectivity index (χ1v) is 17.5. The summed E-state index contributed by atoms with van der Waals surface area (Å²) < 4.78 is 0. The van der Waals surface area contributed by atoms with Crippen LogP contribution in [0.15, 0.2) is 24.3 Å². The van der Waals surface area contributed by atoms with E-state index in [4.69, 9.17) is 0 Å². The van der Waals surface area contributed by atoms with Gasteiger partial charge in [0.25, 0.3) is 0 Å². The number of piperidine rings is 2. The Morgan fingerprint density at radius 2 is 1.77 bits per heavy atom. The Balaban J connectivity index is 1.11. The third kappa shape index (κ3) is 5.68. The third-order valence-electron chi connectivity index (χ3n) is 11.1. The lowest BCUT2D eigenvalue weighted by Gasteiger charge is -2.33. The molecule has 6 nitrogen and oxygen atoms in total. The molecule has 230 valence electrons. The molecule has 2 aliphatic carbocycles. The molecule has 4 heterocycles. The molecule has 2 bridgehead atoms. The number of H-pyrrole nitrogens is 1. The fourth-order valence-corrected chi connectivity index (χ4v) is 9.56. The molecule has 3 aromatic rings. The zero-order valence-corrected chi connectivity index (χ0v) is 27.2. The monoisotopic (exact) mass is 600 g/mol. The molecule has 4 aliphatic rings. The van der Waals surface area contributed by atoms with E-state index in [-0.39, 0.29) is 29.1 Å². The minimum absolute atomic E-state index is 0.0158. The number of carbonyl (C=O) groups excluding carboxylic acids is 2. The van der Waals surface area contributed by atoms with Crippen molar-refractivity contribution in [2.24, 2.45) is 23.7 Å². The molecular weight excluding hydrogens is 552 g/mol. The molecule has 7 rings (SSSR count). The van der Waals surface area contributed by atoms with E-state index in [1.54, 1.807) is 0 Å². The number of hydrogen-bond donors (Lipinski definition) is 3. The first-order valence-electron chi connectivity index (χ1n) is 16.7. The summed E-state index contributed by atoms with van der Waals surface area (Å²) in [5, 5.41) is 7.86. The molecule has 1 aromatic carbocycles. The summed E-state index contributed by atoms with van der Waals surface area (Å²) >= 11 is 1.91. The van der Waals surface area contributed by atoms with E-state index in [0.29, 0.717) is 17.9 Å². The van der Waals surface area contributed by atoms with Gasteiger partial charge < -0.3 is 15.6 Å². The summed E-state index contributed by atoms with van der Waals surface area (Å²) in [4.78, 5) is 34.0. The Morgan fingerprint density at radius 1 is 1.02 bits per heavy atom. The van der Waals surface area contributed by atoms with Crippen LogP contribution in [0, 0.1) is 37.5 Å². The molecule has 7 heteroatoms. The van der Waals surface area contributed by atoms with Crippen LogP contribution in [0.5, 0.6) is 0 Å². The van der Waals surface area contributed by atoms with Gasteiger partial charge in [0.15, 0.2) is 0 Å². The van der Waals surface area contributed by atoms with Crippen molar-refractivity contribution in [2.45, 2.75) is 97.1 Å². The molecule has 3 unspecified atom stereocenters. The molecular formula is C36H48N4O2S. The third-order valence-corrected chi connectivity index (χ3v) is 12.6. The van der Waals surface area contributed by atoms with E-state index < -0.39 is 0 Å². The van der Waals surface area contributed by atoms with Crippen molar-refractivity contribution in [3.63, 3.8) is 0 Å². The van der Waals surface area contributed by atoms with Crippen molar-refractivity contribution in [2.75, 3.05) is 19.6 Å². The van der Waals surface area contributed by atoms with E-state index in [0.717, 1.165) is 71.1 Å². The van der Waals surface area contributed by atoms with Crippen molar-refractivity contribution in [3.05, 3.63) is 45.8 Å². The van der Waals surface area contributed by atoms with Gasteiger partial charge in [-0.1, -0.05) is 37.5 Å². The molecule has 4 fully saturated rings. The first kappa shape index (κ1) is 29.1. The van der Waals surface area contributed by atoms with Gasteiger partial charge in [-0.05, 0) is 113 Å². The van der Waals surface area contributed by atoms with Crippen LogP contribution in [0.2, 0.25) is 0 Å². The minimum Gasteiger partial charge on any atom is -0.356 e. The molecule has 3 atom stereocenters. The average molecular weight is 601 g/mol. The molecule has 2 saturated heterocycles. The number of likely N-dealkylation sites (tertiary alicyclic amines) is 1. The van der Waals surface area contributed by atoms with Crippen LogP contribution in [0.25, 0.3) is 21.5 Å². The van der Waals surface area contributed by atoms with Gasteiger partial charge in [-0.15, -0.1) is 11.3 Å². The zero-order valence-electron chi connectivity index (χ0n) is 26.4. The lowest BCUT2D eigenvalue weighted by molar-refractivity contribution is -0.127. The van der Waals surface area contributed by atoms with Crippen LogP contribution in [0.1, 0.15) is 86.8 Å². The van der Waals surface area contributed by atoms with E-state index in [1.165, 1.54) is 49.5 Å². The lowest BCUT2D eigenvalue weighted by Crippen LogP contribution is -2.41. The molecule has 2 aromatic heterocycles. The Morgan fingerprint density at radius 3 is 2.40 bits per heavy atom. The maximum absolute atomic E-state index is 12.4. The van der Waals surface area contributed by atoms with Crippen LogP contribution in [-0.2, 0) is 21.5 Å². The molecule has 0 spiro atoms. The summed E-state index contributed by atoms with van der Waals surface area (Å²) in [5.41, 5.74) is 6.54. The summed E-state index contributed by atoms with van der Waals surface area (Å²) in [6.07, 6.45) is 8.84. The maximum atomic E-state index is 12.4. The van der Waals surface area contributed by atoms with E-state index in [1.807, 2.05) is 11.3 Å². The minimum atomic E-state index is 0.0158. The zero-order chi connectivity index (χ0) is 29.9. The normalized spacial score (nSPS) is 24.9. The predicted molar refractivity (Wildman–Crippen MR) is 175 cm³/mol. The van der Waals surface area contributed by atoms with Crippen LogP contribution in [-0.4, -0.2) is 47.4 Å². The Kier molecular flexibility index (Phi) is 7.70. The number of amides is 2. The highest BCUT2D eigenvalue weighted by Gasteiger charge is 2.49. The number of nitrogens with zero attached hydrogens (tertiary/aromatic N) is 1. The van der Waals surface area contributed by atoms with Crippen molar-refractivity contribution >= 4 is 33.4 Å². The number of aryl methyl sites for hydroxylation is 2. The Bertz CT molecular complexity index is 1500. The summed E-state index contributed by atoms with van der Waals surface area (Å²) in [6.45, 7) is 13.0. The molecule has 0 radical (unpaired) electrons. The van der Waals surface area contributed by atoms with Crippen molar-refractivity contribution < 1.29 is 9.59 Å². The maximum Gasteiger partial charge on any atom is 0.223 e. The SMILES string of the molecule is Cc1cc(C)cc(-c2[nH]c3sc(C(C)(C)CC4C5CCC4C(=O)N5)cc3c2CN2CCC(CNC(=O)C3CCC3)CC2)c1. The van der Waals surface area contributed by atoms with Crippen molar-refractivity contribution in [3.8, 4) is 11.3 Å². The lowest BCUT2D eigenvalue weighted by atomic mass is 9.78. The molecule has 3 N–H and O–H groups in total. The fraction of sp³-hybridized carbons (Fsp3) is 0.611. The summed E-state index contributed by atoms with van der Waals surface area (Å²) in [6, 6.07) is 9.70. The number of thiophene rings is 1. The number of carbonyl (C=O) groups is 2. The highest BCUT2D eigenvalue weighted by atomic mass is 32.1. The van der Waals surface area contributed by atoms with Crippen LogP contribution in [0.4, 0.5) is 0 Å². The second-order valence-corrected chi connectivity index (χ2v) is 15.9. The van der Waals surface area contributed by atoms with E-state index in [9.17, 15) is 9.59 Å². The second kappa shape index (κ2) is 11.4. The van der Waals surface area contributed by atoms with Gasteiger partial charge in [0.05, 0.1) is 5.69 Å². The van der Waals surface area contributed by atoms with Crippen LogP contribution >= 0.6 is 11.3 Å². The van der Waals surface area contributed by atoms with Crippen LogP contribution < -0.4 is 10.6 Å². The average Bonchev–Trinajstić information content (AvgIpc) is 3.67. The number of benzene rings is 1. The van der Waals surface area contributed by atoms with Gasteiger partial charge in [-0.3, -0.25) is 14.5 Å². The summed E-state index contributed by atoms with van der Waals surface area (Å²) in [5.74, 6) is 2.06. The Hall–Kier alpha value is -2.64. The van der Waals surface area contributed by atoms with E-state index >= 15 is 0 Å². The number of aromatic nitrogens is 1. The number of rotatable bonds is 9. The highest BCUT2D eigenvalue weighted by molar-refractivity contribution is 7.18. The standard InChI is InChI=1S/C36H48N4O2S/c1-21-14-22(2)16-25(15-21)32-29(20-40-12-10-23(11-13-40)19-37-33(41)24-6-5-7-24)27-17-31(43-35(27)39-32)36(3,4)18-28-26-8-9-30(28)38-34(26)42/h14-17,23-24,26,28,30,39H,5-13,18-20H2,1-4H3,(H,37,41)(H,38,42). The van der Waals surface area contributed by atoms with Crippen LogP contribution in [0.3, 0.4) is 0 Å². The van der Waals surface area contributed by atoms with Gasteiger partial charge in [0.2, 0.25) is 11.8 Å². The van der Waals surface area contributed by atoms with Gasteiger partial charge in [0.1, 0.15) is 4.83 Å². The quantitative estimate of drug-likeness (QED) is 0.252. The molecule has 2 saturated carbocycles. The highest BCUT2D eigenvalue weighted by Crippen LogP contribution is 2.48. The fourth-order valence-electron chi connectivity index (χ4n) is 8.36. The number of nitrogens with one attached hydrogen (secondary N) is 3. The van der Waals surface area contributed by atoms with Gasteiger partial charge in [0, 0.05) is 46.8 Å². The number of hydrogen-bond acceptors (Lipinski definition) is 4. The summed E-state index contributed by atoms with van der Waals surface area (Å²) in [7, 11) is 0. The van der Waals surface area contributed by atoms with E-state index in [2.05, 4.69) is 72.5 Å². The molecule has 43 heavy (non-hydrogen) atoms. The Labute approximate surface area is 260 Å². The van der Waals surface area contributed by atoms with Gasteiger partial charge >= 0.3 is 0 Å². The molecule has 2 aliphatic heterocycles. The topological polar surface area (TPSA) is 77.2 Å². The van der Waals surface area contributed by atoms with Gasteiger partial charge in [-0.2, -0.15) is 0 Å². The predicted octanol–water partition coefficient (Wildman–Crippen LogP) is 6.83. The van der Waals surface area contributed by atoms with Gasteiger partial charge in [-0.25, -0.2) is 0 Å². The molecule has 2 amide bonds.